The molecule has 1 aliphatic rings. The third-order valence-corrected chi connectivity index (χ3v) is 5.41. The maximum absolute atomic E-state index is 10.1. The Morgan fingerprint density at radius 3 is 2.75 bits per heavy atom. The van der Waals surface area contributed by atoms with Gasteiger partial charge in [-0.2, -0.15) is 9.78 Å². The molecule has 8 nitrogen and oxygen atoms in total. The number of fused-ring (bicyclic) bond motifs is 2. The number of halogens is 1. The Morgan fingerprint density at radius 2 is 1.89 bits per heavy atom. The molecule has 0 saturated heterocycles. The van der Waals surface area contributed by atoms with E-state index in [2.05, 4.69) is 30.5 Å². The summed E-state index contributed by atoms with van der Waals surface area (Å²) in [6.07, 6.45) is 0. The van der Waals surface area contributed by atoms with Crippen molar-refractivity contribution in [2.24, 2.45) is 15.3 Å². The normalized spacial score (nSPS) is 13.8. The van der Waals surface area contributed by atoms with Gasteiger partial charge < -0.3 is 10.1 Å². The Kier molecular flexibility index (Phi) is 4.10. The van der Waals surface area contributed by atoms with Gasteiger partial charge in [-0.25, -0.2) is 0 Å². The van der Waals surface area contributed by atoms with Crippen molar-refractivity contribution < 1.29 is 5.11 Å². The number of nitrogens with one attached hydrogen (secondary N) is 1. The van der Waals surface area contributed by atoms with Gasteiger partial charge in [0.15, 0.2) is 5.69 Å². The molecule has 2 N–H and O–H groups in total. The average Bonchev–Trinajstić information content (AvgIpc) is 3.26. The minimum absolute atomic E-state index is 0.0527. The smallest absolute Gasteiger partial charge is 0.291 e. The van der Waals surface area contributed by atoms with E-state index in [4.69, 9.17) is 11.6 Å². The number of hydrogen-bond acceptors (Lipinski definition) is 7. The predicted molar refractivity (Wildman–Crippen MR) is 108 cm³/mol. The summed E-state index contributed by atoms with van der Waals surface area (Å²) in [4.78, 5) is 2.87. The molecule has 0 radical (unpaired) electrons. The Balaban J connectivity index is 1.52. The molecule has 28 heavy (non-hydrogen) atoms. The van der Waals surface area contributed by atoms with Gasteiger partial charge in [0.1, 0.15) is 0 Å². The lowest BCUT2D eigenvalue weighted by molar-refractivity contribution is 0.459. The van der Waals surface area contributed by atoms with Crippen molar-refractivity contribution in [3.8, 4) is 5.88 Å². The molecule has 2 aromatic carbocycles. The van der Waals surface area contributed by atoms with Gasteiger partial charge in [0.05, 0.1) is 11.2 Å². The molecule has 3 heterocycles. The van der Waals surface area contributed by atoms with Gasteiger partial charge in [-0.15, -0.1) is 20.4 Å². The van der Waals surface area contributed by atoms with Gasteiger partial charge in [0.25, 0.3) is 5.95 Å². The van der Waals surface area contributed by atoms with E-state index in [-0.39, 0.29) is 11.8 Å². The number of hydrogen-bond donors (Lipinski definition) is 2. The first-order valence-corrected chi connectivity index (χ1v) is 9.69. The first-order chi connectivity index (χ1) is 13.7. The van der Waals surface area contributed by atoms with E-state index in [9.17, 15) is 5.11 Å². The van der Waals surface area contributed by atoms with Crippen LogP contribution in [0.1, 0.15) is 5.56 Å². The number of aromatic hydroxyl groups is 1. The fourth-order valence-corrected chi connectivity index (χ4v) is 3.83. The SMILES string of the molecule is Oc1[nH]c2ccccc2c1N=Nc1nnc2n1N=C(c1ccc(Cl)cc1)CS2. The second-order valence-electron chi connectivity index (χ2n) is 6.00. The van der Waals surface area contributed by atoms with Gasteiger partial charge in [0.2, 0.25) is 11.0 Å². The van der Waals surface area contributed by atoms with Crippen LogP contribution in [0, 0.1) is 0 Å². The molecule has 0 unspecified atom stereocenters. The third-order valence-electron chi connectivity index (χ3n) is 4.23. The van der Waals surface area contributed by atoms with Crippen LogP contribution in [0.2, 0.25) is 5.02 Å². The number of rotatable bonds is 3. The zero-order chi connectivity index (χ0) is 19.1. The number of H-pyrrole nitrogens is 1. The highest BCUT2D eigenvalue weighted by Gasteiger charge is 2.20. The van der Waals surface area contributed by atoms with Crippen molar-refractivity contribution in [3.05, 3.63) is 59.1 Å². The maximum Gasteiger partial charge on any atom is 0.291 e. The fraction of sp³-hybridized carbons (Fsp3) is 0.0556. The molecule has 0 spiro atoms. The lowest BCUT2D eigenvalue weighted by Crippen LogP contribution is -2.12. The van der Waals surface area contributed by atoms with Crippen LogP contribution in [0.5, 0.6) is 5.88 Å². The highest BCUT2D eigenvalue weighted by Crippen LogP contribution is 2.36. The van der Waals surface area contributed by atoms with E-state index in [1.165, 1.54) is 11.8 Å². The molecule has 1 aliphatic heterocycles. The summed E-state index contributed by atoms with van der Waals surface area (Å²) < 4.78 is 1.55. The molecule has 4 aromatic rings. The quantitative estimate of drug-likeness (QED) is 0.470. The molecule has 0 saturated carbocycles. The van der Waals surface area contributed by atoms with Crippen LogP contribution in [-0.4, -0.2) is 36.4 Å². The van der Waals surface area contributed by atoms with E-state index >= 15 is 0 Å². The van der Waals surface area contributed by atoms with Crippen molar-refractivity contribution in [2.75, 3.05) is 5.75 Å². The number of azo groups is 1. The van der Waals surface area contributed by atoms with Crippen LogP contribution in [0.4, 0.5) is 11.6 Å². The van der Waals surface area contributed by atoms with Gasteiger partial charge >= 0.3 is 0 Å². The minimum atomic E-state index is -0.0527. The number of benzene rings is 2. The summed E-state index contributed by atoms with van der Waals surface area (Å²) in [5, 5.41) is 33.3. The van der Waals surface area contributed by atoms with E-state index in [1.54, 1.807) is 4.68 Å². The molecule has 0 fully saturated rings. The second kappa shape index (κ2) is 6.77. The number of aromatic amines is 1. The van der Waals surface area contributed by atoms with Crippen LogP contribution in [0.15, 0.2) is 69.0 Å². The summed E-state index contributed by atoms with van der Waals surface area (Å²) in [6, 6.07) is 14.9. The van der Waals surface area contributed by atoms with Crippen LogP contribution >= 0.6 is 23.4 Å². The van der Waals surface area contributed by atoms with Crippen LogP contribution in [0.25, 0.3) is 10.9 Å². The number of nitrogens with zero attached hydrogens (tertiary/aromatic N) is 6. The van der Waals surface area contributed by atoms with Gasteiger partial charge in [-0.1, -0.05) is 53.7 Å². The van der Waals surface area contributed by atoms with E-state index < -0.39 is 0 Å². The molecule has 0 atom stereocenters. The van der Waals surface area contributed by atoms with E-state index in [1.807, 2.05) is 48.5 Å². The molecule has 2 aromatic heterocycles. The third kappa shape index (κ3) is 2.94. The number of para-hydroxylation sites is 1. The summed E-state index contributed by atoms with van der Waals surface area (Å²) in [5.41, 5.74) is 2.95. The van der Waals surface area contributed by atoms with Crippen LogP contribution < -0.4 is 0 Å². The monoisotopic (exact) mass is 409 g/mol. The molecule has 5 rings (SSSR count). The average molecular weight is 410 g/mol. The first kappa shape index (κ1) is 17.0. The highest BCUT2D eigenvalue weighted by molar-refractivity contribution is 7.99. The summed E-state index contributed by atoms with van der Waals surface area (Å²) >= 11 is 7.48. The first-order valence-electron chi connectivity index (χ1n) is 8.32. The van der Waals surface area contributed by atoms with Crippen molar-refractivity contribution >= 4 is 51.6 Å². The summed E-state index contributed by atoms with van der Waals surface area (Å²) in [6.45, 7) is 0. The molecule has 138 valence electrons. The standard InChI is InChI=1S/C18H12ClN7OS/c19-11-7-5-10(6-8-11)14-9-28-18-24-23-17(26(18)25-14)22-21-15-12-3-1-2-4-13(12)20-16(15)27/h1-8,20,27H,9H2. The molecule has 0 amide bonds. The Hall–Kier alpha value is -3.17. The van der Waals surface area contributed by atoms with E-state index in [0.717, 1.165) is 22.2 Å². The van der Waals surface area contributed by atoms with Crippen molar-refractivity contribution in [3.63, 3.8) is 0 Å². The zero-order valence-electron chi connectivity index (χ0n) is 14.2. The van der Waals surface area contributed by atoms with Crippen molar-refractivity contribution in [1.82, 2.24) is 19.9 Å². The molecule has 0 bridgehead atoms. The predicted octanol–water partition coefficient (Wildman–Crippen LogP) is 4.89. The Labute approximate surface area is 168 Å². The summed E-state index contributed by atoms with van der Waals surface area (Å²) in [7, 11) is 0. The van der Waals surface area contributed by atoms with Crippen LogP contribution in [-0.2, 0) is 0 Å². The van der Waals surface area contributed by atoms with Crippen molar-refractivity contribution in [1.29, 1.82) is 0 Å². The molecular formula is C18H12ClN7OS. The largest absolute Gasteiger partial charge is 0.493 e. The fourth-order valence-electron chi connectivity index (χ4n) is 2.87. The van der Waals surface area contributed by atoms with Crippen molar-refractivity contribution in [2.45, 2.75) is 5.16 Å². The van der Waals surface area contributed by atoms with Gasteiger partial charge in [-0.3, -0.25) is 0 Å². The van der Waals surface area contributed by atoms with Gasteiger partial charge in [0, 0.05) is 16.2 Å². The topological polar surface area (TPSA) is 104 Å². The highest BCUT2D eigenvalue weighted by atomic mass is 35.5. The molecule has 10 heteroatoms. The number of aromatic nitrogens is 4. The Bertz CT molecular complexity index is 1240. The summed E-state index contributed by atoms with van der Waals surface area (Å²) in [5.74, 6) is 0.849. The lowest BCUT2D eigenvalue weighted by atomic mass is 10.1. The number of thioether (sulfide) groups is 1. The molecular weight excluding hydrogens is 398 g/mol. The maximum atomic E-state index is 10.1. The lowest BCUT2D eigenvalue weighted by Gasteiger charge is -2.12. The van der Waals surface area contributed by atoms with E-state index in [0.29, 0.717) is 21.6 Å². The Morgan fingerprint density at radius 1 is 1.07 bits per heavy atom. The van der Waals surface area contributed by atoms with Crippen LogP contribution in [0.3, 0.4) is 0 Å². The zero-order valence-corrected chi connectivity index (χ0v) is 15.8. The second-order valence-corrected chi connectivity index (χ2v) is 7.38. The minimum Gasteiger partial charge on any atom is -0.493 e. The van der Waals surface area contributed by atoms with Gasteiger partial charge in [-0.05, 0) is 23.8 Å². The molecule has 0 aliphatic carbocycles.